The van der Waals surface area contributed by atoms with Crippen LogP contribution in [0.4, 0.5) is 5.69 Å². The van der Waals surface area contributed by atoms with Crippen molar-refractivity contribution in [2.75, 3.05) is 5.32 Å². The molecular weight excluding hydrogens is 318 g/mol. The molecule has 124 valence electrons. The number of amides is 1. The van der Waals surface area contributed by atoms with Gasteiger partial charge in [-0.3, -0.25) is 4.79 Å². The van der Waals surface area contributed by atoms with Gasteiger partial charge in [0.05, 0.1) is 17.4 Å². The first-order chi connectivity index (χ1) is 12.2. The van der Waals surface area contributed by atoms with E-state index in [-0.39, 0.29) is 5.91 Å². The molecule has 1 N–H and O–H groups in total. The average Bonchev–Trinajstić information content (AvgIpc) is 3.27. The van der Waals surface area contributed by atoms with Crippen LogP contribution < -0.4 is 5.32 Å². The summed E-state index contributed by atoms with van der Waals surface area (Å²) in [6.07, 6.45) is 3.17. The van der Waals surface area contributed by atoms with Crippen molar-refractivity contribution < 1.29 is 4.79 Å². The molecule has 0 aliphatic rings. The summed E-state index contributed by atoms with van der Waals surface area (Å²) in [7, 11) is 1.93. The van der Waals surface area contributed by atoms with Gasteiger partial charge in [-0.05, 0) is 34.2 Å². The zero-order valence-electron chi connectivity index (χ0n) is 13.4. The highest BCUT2D eigenvalue weighted by Crippen LogP contribution is 2.21. The number of aryl methyl sites for hydroxylation is 1. The Bertz CT molecular complexity index is 1010. The monoisotopic (exact) mass is 333 g/mol. The second-order valence-corrected chi connectivity index (χ2v) is 5.65. The lowest BCUT2D eigenvalue weighted by atomic mass is 10.1. The van der Waals surface area contributed by atoms with Gasteiger partial charge >= 0.3 is 0 Å². The second kappa shape index (κ2) is 6.16. The van der Waals surface area contributed by atoms with Crippen LogP contribution in [0.15, 0.2) is 61.2 Å². The Morgan fingerprint density at radius 2 is 1.96 bits per heavy atom. The van der Waals surface area contributed by atoms with Gasteiger partial charge in [-0.2, -0.15) is 0 Å². The minimum Gasteiger partial charge on any atom is -0.334 e. The van der Waals surface area contributed by atoms with Crippen LogP contribution in [0.25, 0.3) is 11.0 Å². The van der Waals surface area contributed by atoms with E-state index >= 15 is 0 Å². The molecule has 25 heavy (non-hydrogen) atoms. The molecule has 1 unspecified atom stereocenters. The Morgan fingerprint density at radius 3 is 2.72 bits per heavy atom. The lowest BCUT2D eigenvalue weighted by Crippen LogP contribution is -2.27. The lowest BCUT2D eigenvalue weighted by Gasteiger charge is -2.16. The van der Waals surface area contributed by atoms with E-state index in [1.165, 1.54) is 11.0 Å². The number of rotatable bonds is 4. The SMILES string of the molecule is Cn1cnc2cc(NC(=O)C(c3ccccc3)n3cnnn3)ccc21. The van der Waals surface area contributed by atoms with Crippen LogP contribution in [0.3, 0.4) is 0 Å². The number of hydrogen-bond acceptors (Lipinski definition) is 5. The zero-order chi connectivity index (χ0) is 17.2. The quantitative estimate of drug-likeness (QED) is 0.615. The van der Waals surface area contributed by atoms with Gasteiger partial charge in [-0.1, -0.05) is 30.3 Å². The van der Waals surface area contributed by atoms with E-state index in [0.29, 0.717) is 5.69 Å². The van der Waals surface area contributed by atoms with Crippen molar-refractivity contribution in [1.82, 2.24) is 29.8 Å². The number of fused-ring (bicyclic) bond motifs is 1. The van der Waals surface area contributed by atoms with Crippen LogP contribution in [0, 0.1) is 0 Å². The van der Waals surface area contributed by atoms with Crippen molar-refractivity contribution in [2.24, 2.45) is 7.05 Å². The molecular formula is C17H15N7O. The van der Waals surface area contributed by atoms with Crippen molar-refractivity contribution >= 4 is 22.6 Å². The highest BCUT2D eigenvalue weighted by atomic mass is 16.2. The Hall–Kier alpha value is -3.55. The fourth-order valence-electron chi connectivity index (χ4n) is 2.77. The van der Waals surface area contributed by atoms with Gasteiger partial charge in [-0.25, -0.2) is 9.67 Å². The molecule has 0 radical (unpaired) electrons. The van der Waals surface area contributed by atoms with E-state index in [0.717, 1.165) is 16.6 Å². The fourth-order valence-corrected chi connectivity index (χ4v) is 2.77. The van der Waals surface area contributed by atoms with Crippen molar-refractivity contribution in [3.63, 3.8) is 0 Å². The first-order valence-corrected chi connectivity index (χ1v) is 7.72. The Kier molecular flexibility index (Phi) is 3.70. The summed E-state index contributed by atoms with van der Waals surface area (Å²) in [4.78, 5) is 17.2. The lowest BCUT2D eigenvalue weighted by molar-refractivity contribution is -0.118. The van der Waals surface area contributed by atoms with Gasteiger partial charge in [0.15, 0.2) is 6.04 Å². The topological polar surface area (TPSA) is 90.5 Å². The van der Waals surface area contributed by atoms with E-state index in [9.17, 15) is 4.79 Å². The molecule has 1 amide bonds. The molecule has 0 spiro atoms. The molecule has 0 aliphatic carbocycles. The van der Waals surface area contributed by atoms with Crippen LogP contribution in [0.2, 0.25) is 0 Å². The number of carbonyl (C=O) groups excluding carboxylic acids is 1. The number of imidazole rings is 1. The molecule has 8 nitrogen and oxygen atoms in total. The van der Waals surface area contributed by atoms with E-state index in [1.54, 1.807) is 6.33 Å². The van der Waals surface area contributed by atoms with Crippen molar-refractivity contribution in [3.8, 4) is 0 Å². The number of carbonyl (C=O) groups is 1. The van der Waals surface area contributed by atoms with E-state index in [2.05, 4.69) is 25.8 Å². The number of aromatic nitrogens is 6. The summed E-state index contributed by atoms with van der Waals surface area (Å²) in [5.41, 5.74) is 3.29. The molecule has 0 saturated carbocycles. The summed E-state index contributed by atoms with van der Waals surface area (Å²) in [6, 6.07) is 14.3. The highest BCUT2D eigenvalue weighted by Gasteiger charge is 2.24. The zero-order valence-corrected chi connectivity index (χ0v) is 13.4. The summed E-state index contributed by atoms with van der Waals surface area (Å²) in [6.45, 7) is 0. The largest absolute Gasteiger partial charge is 0.334 e. The number of nitrogens with zero attached hydrogens (tertiary/aromatic N) is 6. The molecule has 2 heterocycles. The molecule has 0 saturated heterocycles. The predicted molar refractivity (Wildman–Crippen MR) is 91.7 cm³/mol. The van der Waals surface area contributed by atoms with Crippen molar-refractivity contribution in [2.45, 2.75) is 6.04 Å². The highest BCUT2D eigenvalue weighted by molar-refractivity contribution is 5.97. The van der Waals surface area contributed by atoms with Gasteiger partial charge in [0, 0.05) is 12.7 Å². The normalized spacial score (nSPS) is 12.2. The van der Waals surface area contributed by atoms with Gasteiger partial charge in [0.1, 0.15) is 6.33 Å². The molecule has 4 aromatic rings. The number of benzene rings is 2. The third-order valence-corrected chi connectivity index (χ3v) is 3.99. The maximum absolute atomic E-state index is 12.9. The Labute approximate surface area is 143 Å². The number of nitrogens with one attached hydrogen (secondary N) is 1. The Morgan fingerprint density at radius 1 is 1.12 bits per heavy atom. The second-order valence-electron chi connectivity index (χ2n) is 5.65. The van der Waals surface area contributed by atoms with E-state index < -0.39 is 6.04 Å². The summed E-state index contributed by atoms with van der Waals surface area (Å²) in [5.74, 6) is -0.228. The molecule has 0 aliphatic heterocycles. The predicted octanol–water partition coefficient (Wildman–Crippen LogP) is 1.79. The van der Waals surface area contributed by atoms with Gasteiger partial charge in [-0.15, -0.1) is 5.10 Å². The molecule has 4 rings (SSSR count). The maximum atomic E-state index is 12.9. The van der Waals surface area contributed by atoms with Gasteiger partial charge in [0.25, 0.3) is 5.91 Å². The number of anilines is 1. The number of tetrazole rings is 1. The van der Waals surface area contributed by atoms with Crippen LogP contribution in [-0.4, -0.2) is 35.7 Å². The van der Waals surface area contributed by atoms with E-state index in [4.69, 9.17) is 0 Å². The van der Waals surface area contributed by atoms with Crippen LogP contribution in [0.1, 0.15) is 11.6 Å². The summed E-state index contributed by atoms with van der Waals surface area (Å²) < 4.78 is 3.36. The van der Waals surface area contributed by atoms with Crippen molar-refractivity contribution in [3.05, 3.63) is 66.7 Å². The molecule has 1 atom stereocenters. The maximum Gasteiger partial charge on any atom is 0.253 e. The van der Waals surface area contributed by atoms with Crippen LogP contribution in [0.5, 0.6) is 0 Å². The first kappa shape index (κ1) is 15.0. The van der Waals surface area contributed by atoms with Crippen LogP contribution >= 0.6 is 0 Å². The Balaban J connectivity index is 1.66. The molecule has 8 heteroatoms. The minimum absolute atomic E-state index is 0.228. The minimum atomic E-state index is -0.657. The molecule has 0 bridgehead atoms. The molecule has 0 fully saturated rings. The average molecular weight is 333 g/mol. The van der Waals surface area contributed by atoms with Gasteiger partial charge in [0.2, 0.25) is 0 Å². The van der Waals surface area contributed by atoms with Crippen LogP contribution in [-0.2, 0) is 11.8 Å². The van der Waals surface area contributed by atoms with Crippen molar-refractivity contribution in [1.29, 1.82) is 0 Å². The van der Waals surface area contributed by atoms with E-state index in [1.807, 2.05) is 60.1 Å². The fraction of sp³-hybridized carbons (Fsp3) is 0.118. The summed E-state index contributed by atoms with van der Waals surface area (Å²) >= 11 is 0. The standard InChI is InChI=1S/C17H15N7O/c1-23-10-18-14-9-13(7-8-15(14)23)20-17(25)16(24-11-19-21-22-24)12-5-3-2-4-6-12/h2-11,16H,1H3,(H,20,25). The third kappa shape index (κ3) is 2.85. The smallest absolute Gasteiger partial charge is 0.253 e. The third-order valence-electron chi connectivity index (χ3n) is 3.99. The number of hydrogen-bond donors (Lipinski definition) is 1. The summed E-state index contributed by atoms with van der Waals surface area (Å²) in [5, 5.41) is 14.1. The molecule has 2 aromatic carbocycles. The van der Waals surface area contributed by atoms with Gasteiger partial charge < -0.3 is 9.88 Å². The first-order valence-electron chi connectivity index (χ1n) is 7.72. The molecule has 2 aromatic heterocycles.